The molecule has 0 unspecified atom stereocenters. The zero-order valence-electron chi connectivity index (χ0n) is 9.91. The van der Waals surface area contributed by atoms with E-state index in [1.54, 1.807) is 0 Å². The lowest BCUT2D eigenvalue weighted by Crippen LogP contribution is -2.33. The van der Waals surface area contributed by atoms with Crippen LogP contribution in [0.25, 0.3) is 0 Å². The molecule has 2 rings (SSSR count). The number of piperidine rings is 1. The largest absolute Gasteiger partial charge is 0.371 e. The van der Waals surface area contributed by atoms with Gasteiger partial charge in [-0.15, -0.1) is 0 Å². The third-order valence-electron chi connectivity index (χ3n) is 3.50. The Morgan fingerprint density at radius 1 is 1.25 bits per heavy atom. The summed E-state index contributed by atoms with van der Waals surface area (Å²) < 4.78 is 5.53. The molecule has 0 aliphatic carbocycles. The Labute approximate surface area is 97.3 Å². The Hall–Kier alpha value is -0.610. The smallest absolute Gasteiger partial charge is 0.248 e. The summed E-state index contributed by atoms with van der Waals surface area (Å²) in [5, 5.41) is 3.33. The van der Waals surface area contributed by atoms with Gasteiger partial charge in [-0.3, -0.25) is 4.79 Å². The predicted molar refractivity (Wildman–Crippen MR) is 62.2 cm³/mol. The second kappa shape index (κ2) is 6.21. The minimum Gasteiger partial charge on any atom is -0.371 e. The first-order chi connectivity index (χ1) is 7.86. The topological polar surface area (TPSA) is 41.6 Å². The van der Waals surface area contributed by atoms with Crippen molar-refractivity contribution in [2.75, 3.05) is 39.4 Å². The van der Waals surface area contributed by atoms with Gasteiger partial charge >= 0.3 is 0 Å². The maximum atomic E-state index is 11.7. The lowest BCUT2D eigenvalue weighted by molar-refractivity contribution is -0.135. The van der Waals surface area contributed by atoms with Crippen molar-refractivity contribution in [3.05, 3.63) is 0 Å². The van der Waals surface area contributed by atoms with Crippen molar-refractivity contribution < 1.29 is 9.53 Å². The van der Waals surface area contributed by atoms with Gasteiger partial charge in [0.2, 0.25) is 5.91 Å². The molecule has 0 spiro atoms. The number of nitrogens with zero attached hydrogens (tertiary/aromatic N) is 1. The molecular weight excluding hydrogens is 204 g/mol. The van der Waals surface area contributed by atoms with Crippen LogP contribution in [0.1, 0.15) is 25.7 Å². The summed E-state index contributed by atoms with van der Waals surface area (Å²) >= 11 is 0. The fourth-order valence-corrected chi connectivity index (χ4v) is 2.42. The van der Waals surface area contributed by atoms with Gasteiger partial charge in [-0.1, -0.05) is 0 Å². The summed E-state index contributed by atoms with van der Waals surface area (Å²) in [4.78, 5) is 13.6. The number of likely N-dealkylation sites (tertiary alicyclic amines) is 1. The van der Waals surface area contributed by atoms with Crippen molar-refractivity contribution in [3.63, 3.8) is 0 Å². The molecule has 2 fully saturated rings. The molecule has 0 radical (unpaired) electrons. The molecule has 0 atom stereocenters. The monoisotopic (exact) mass is 226 g/mol. The van der Waals surface area contributed by atoms with Crippen molar-refractivity contribution in [1.29, 1.82) is 0 Å². The SMILES string of the molecule is O=C(COCC1CCNCC1)N1CCCC1. The third kappa shape index (κ3) is 3.46. The lowest BCUT2D eigenvalue weighted by Gasteiger charge is -2.22. The van der Waals surface area contributed by atoms with E-state index in [1.807, 2.05) is 4.90 Å². The number of hydrogen-bond donors (Lipinski definition) is 1. The lowest BCUT2D eigenvalue weighted by atomic mass is 9.99. The molecule has 1 N–H and O–H groups in total. The maximum absolute atomic E-state index is 11.7. The van der Waals surface area contributed by atoms with E-state index in [0.29, 0.717) is 5.92 Å². The van der Waals surface area contributed by atoms with Crippen molar-refractivity contribution >= 4 is 5.91 Å². The zero-order chi connectivity index (χ0) is 11.2. The van der Waals surface area contributed by atoms with Crippen molar-refractivity contribution in [2.45, 2.75) is 25.7 Å². The molecule has 0 aromatic heterocycles. The molecule has 4 nitrogen and oxygen atoms in total. The minimum atomic E-state index is 0.173. The zero-order valence-corrected chi connectivity index (χ0v) is 9.91. The quantitative estimate of drug-likeness (QED) is 0.764. The summed E-state index contributed by atoms with van der Waals surface area (Å²) in [5.74, 6) is 0.819. The van der Waals surface area contributed by atoms with Crippen molar-refractivity contribution in [1.82, 2.24) is 10.2 Å². The van der Waals surface area contributed by atoms with E-state index in [1.165, 1.54) is 12.8 Å². The van der Waals surface area contributed by atoms with Crippen LogP contribution >= 0.6 is 0 Å². The molecular formula is C12H22N2O2. The number of hydrogen-bond acceptors (Lipinski definition) is 3. The van der Waals surface area contributed by atoms with E-state index in [4.69, 9.17) is 4.74 Å². The van der Waals surface area contributed by atoms with Crippen LogP contribution in [0, 0.1) is 5.92 Å². The Morgan fingerprint density at radius 3 is 2.62 bits per heavy atom. The molecule has 2 aliphatic heterocycles. The van der Waals surface area contributed by atoms with Crippen molar-refractivity contribution in [2.24, 2.45) is 5.92 Å². The Balaban J connectivity index is 1.57. The summed E-state index contributed by atoms with van der Waals surface area (Å²) in [6.45, 7) is 5.07. The van der Waals surface area contributed by atoms with Gasteiger partial charge in [0, 0.05) is 13.1 Å². The normalized spacial score (nSPS) is 22.6. The molecule has 16 heavy (non-hydrogen) atoms. The van der Waals surface area contributed by atoms with Crippen molar-refractivity contribution in [3.8, 4) is 0 Å². The number of rotatable bonds is 4. The van der Waals surface area contributed by atoms with Crippen LogP contribution in [0.3, 0.4) is 0 Å². The van der Waals surface area contributed by atoms with Gasteiger partial charge in [0.25, 0.3) is 0 Å². The van der Waals surface area contributed by atoms with Gasteiger partial charge in [-0.05, 0) is 44.7 Å². The maximum Gasteiger partial charge on any atom is 0.248 e. The summed E-state index contributed by atoms with van der Waals surface area (Å²) in [7, 11) is 0. The average Bonchev–Trinajstić information content (AvgIpc) is 2.84. The predicted octanol–water partition coefficient (Wildman–Crippen LogP) is 0.625. The molecule has 0 bridgehead atoms. The molecule has 0 aromatic carbocycles. The molecule has 2 saturated heterocycles. The van der Waals surface area contributed by atoms with Crippen LogP contribution in [-0.4, -0.2) is 50.2 Å². The van der Waals surface area contributed by atoms with Gasteiger partial charge in [0.1, 0.15) is 6.61 Å². The molecule has 4 heteroatoms. The first-order valence-corrected chi connectivity index (χ1v) is 6.42. The molecule has 0 saturated carbocycles. The molecule has 2 aliphatic rings. The molecule has 0 aromatic rings. The number of carbonyl (C=O) groups excluding carboxylic acids is 1. The molecule has 2 heterocycles. The van der Waals surface area contributed by atoms with E-state index in [-0.39, 0.29) is 12.5 Å². The van der Waals surface area contributed by atoms with Crippen LogP contribution in [0.2, 0.25) is 0 Å². The Morgan fingerprint density at radius 2 is 1.94 bits per heavy atom. The van der Waals surface area contributed by atoms with Gasteiger partial charge in [0.05, 0.1) is 6.61 Å². The van der Waals surface area contributed by atoms with Gasteiger partial charge < -0.3 is 15.0 Å². The van der Waals surface area contributed by atoms with E-state index in [0.717, 1.165) is 45.6 Å². The van der Waals surface area contributed by atoms with Crippen LogP contribution in [0.5, 0.6) is 0 Å². The third-order valence-corrected chi connectivity index (χ3v) is 3.50. The Kier molecular flexibility index (Phi) is 4.60. The summed E-state index contributed by atoms with van der Waals surface area (Å²) in [5.41, 5.74) is 0. The van der Waals surface area contributed by atoms with E-state index in [2.05, 4.69) is 5.32 Å². The van der Waals surface area contributed by atoms with Crippen LogP contribution in [0.15, 0.2) is 0 Å². The van der Waals surface area contributed by atoms with E-state index < -0.39 is 0 Å². The standard InChI is InChI=1S/C12H22N2O2/c15-12(14-7-1-2-8-14)10-16-9-11-3-5-13-6-4-11/h11,13H,1-10H2. The van der Waals surface area contributed by atoms with Gasteiger partial charge in [-0.25, -0.2) is 0 Å². The van der Waals surface area contributed by atoms with Gasteiger partial charge in [-0.2, -0.15) is 0 Å². The van der Waals surface area contributed by atoms with Crippen LogP contribution in [0.4, 0.5) is 0 Å². The Bertz CT molecular complexity index is 221. The number of ether oxygens (including phenoxy) is 1. The second-order valence-electron chi connectivity index (χ2n) is 4.80. The minimum absolute atomic E-state index is 0.173. The van der Waals surface area contributed by atoms with Crippen LogP contribution in [-0.2, 0) is 9.53 Å². The number of carbonyl (C=O) groups is 1. The second-order valence-corrected chi connectivity index (χ2v) is 4.80. The summed E-state index contributed by atoms with van der Waals surface area (Å²) in [6.07, 6.45) is 4.66. The summed E-state index contributed by atoms with van der Waals surface area (Å²) in [6, 6.07) is 0. The average molecular weight is 226 g/mol. The van der Waals surface area contributed by atoms with E-state index >= 15 is 0 Å². The highest BCUT2D eigenvalue weighted by Gasteiger charge is 2.19. The fraction of sp³-hybridized carbons (Fsp3) is 0.917. The van der Waals surface area contributed by atoms with Crippen LogP contribution < -0.4 is 5.32 Å². The highest BCUT2D eigenvalue weighted by atomic mass is 16.5. The highest BCUT2D eigenvalue weighted by molar-refractivity contribution is 5.77. The molecule has 92 valence electrons. The highest BCUT2D eigenvalue weighted by Crippen LogP contribution is 2.12. The first-order valence-electron chi connectivity index (χ1n) is 6.42. The number of amides is 1. The van der Waals surface area contributed by atoms with Gasteiger partial charge in [0.15, 0.2) is 0 Å². The number of nitrogens with one attached hydrogen (secondary N) is 1. The molecule has 1 amide bonds. The fourth-order valence-electron chi connectivity index (χ4n) is 2.42. The first kappa shape index (κ1) is 11.9. The van der Waals surface area contributed by atoms with E-state index in [9.17, 15) is 4.79 Å².